The van der Waals surface area contributed by atoms with E-state index >= 15 is 0 Å². The first kappa shape index (κ1) is 13.7. The molecule has 0 saturated heterocycles. The van der Waals surface area contributed by atoms with E-state index in [-0.39, 0.29) is 0 Å². The maximum Gasteiger partial charge on any atom is 0.0897 e. The zero-order valence-corrected chi connectivity index (χ0v) is 13.0. The minimum absolute atomic E-state index is 0.347. The molecule has 1 aromatic heterocycles. The third-order valence-corrected chi connectivity index (χ3v) is 4.62. The van der Waals surface area contributed by atoms with Gasteiger partial charge in [0.2, 0.25) is 0 Å². The molecule has 1 unspecified atom stereocenters. The third kappa shape index (κ3) is 3.40. The second kappa shape index (κ2) is 6.45. The number of thiazole rings is 1. The molecule has 2 aromatic rings. The van der Waals surface area contributed by atoms with Crippen LogP contribution in [0.25, 0.3) is 0 Å². The molecule has 2 nitrogen and oxygen atoms in total. The van der Waals surface area contributed by atoms with Gasteiger partial charge in [-0.15, -0.1) is 11.3 Å². The molecule has 1 N–H and O–H groups in total. The van der Waals surface area contributed by atoms with Crippen molar-refractivity contribution >= 4 is 27.3 Å². The van der Waals surface area contributed by atoms with E-state index in [1.165, 1.54) is 14.9 Å². The number of aromatic nitrogens is 1. The van der Waals surface area contributed by atoms with Crippen LogP contribution in [0.1, 0.15) is 28.4 Å². The van der Waals surface area contributed by atoms with E-state index in [4.69, 9.17) is 0 Å². The zero-order chi connectivity index (χ0) is 13.0. The number of halogens is 1. The highest BCUT2D eigenvalue weighted by Crippen LogP contribution is 2.26. The van der Waals surface area contributed by atoms with Gasteiger partial charge in [-0.25, -0.2) is 4.98 Å². The summed E-state index contributed by atoms with van der Waals surface area (Å²) < 4.78 is 1.18. The SMILES string of the molecule is CCNC(Cc1ccccc1Br)c1cnc(C)s1. The molecule has 0 radical (unpaired) electrons. The molecule has 0 bridgehead atoms. The van der Waals surface area contributed by atoms with E-state index in [2.05, 4.69) is 58.3 Å². The molecule has 0 aliphatic rings. The van der Waals surface area contributed by atoms with Crippen molar-refractivity contribution in [1.82, 2.24) is 10.3 Å². The topological polar surface area (TPSA) is 24.9 Å². The highest BCUT2D eigenvalue weighted by Gasteiger charge is 2.14. The number of aryl methyl sites for hydroxylation is 1. The van der Waals surface area contributed by atoms with Crippen LogP contribution < -0.4 is 5.32 Å². The van der Waals surface area contributed by atoms with Crippen LogP contribution in [0.2, 0.25) is 0 Å². The molecule has 2 rings (SSSR count). The van der Waals surface area contributed by atoms with Gasteiger partial charge in [0.1, 0.15) is 0 Å². The predicted molar refractivity (Wildman–Crippen MR) is 81.1 cm³/mol. The van der Waals surface area contributed by atoms with Crippen LogP contribution in [0.15, 0.2) is 34.9 Å². The molecule has 96 valence electrons. The van der Waals surface area contributed by atoms with Crippen molar-refractivity contribution < 1.29 is 0 Å². The van der Waals surface area contributed by atoms with E-state index < -0.39 is 0 Å². The number of nitrogens with one attached hydrogen (secondary N) is 1. The fourth-order valence-corrected chi connectivity index (χ4v) is 3.25. The summed E-state index contributed by atoms with van der Waals surface area (Å²) in [5.74, 6) is 0. The first-order valence-corrected chi connectivity index (χ1v) is 7.70. The van der Waals surface area contributed by atoms with Gasteiger partial charge >= 0.3 is 0 Å². The van der Waals surface area contributed by atoms with Crippen LogP contribution in [-0.4, -0.2) is 11.5 Å². The van der Waals surface area contributed by atoms with Gasteiger partial charge < -0.3 is 5.32 Å². The Balaban J connectivity index is 2.19. The Morgan fingerprint density at radius 2 is 2.17 bits per heavy atom. The first-order chi connectivity index (χ1) is 8.70. The number of benzene rings is 1. The predicted octanol–water partition coefficient (Wildman–Crippen LogP) is 4.11. The van der Waals surface area contributed by atoms with Crippen molar-refractivity contribution in [3.8, 4) is 0 Å². The number of likely N-dealkylation sites (N-methyl/N-ethyl adjacent to an activating group) is 1. The summed E-state index contributed by atoms with van der Waals surface area (Å²) in [4.78, 5) is 5.66. The van der Waals surface area contributed by atoms with Crippen molar-refractivity contribution in [1.29, 1.82) is 0 Å². The van der Waals surface area contributed by atoms with E-state index in [0.717, 1.165) is 18.0 Å². The molecule has 1 heterocycles. The van der Waals surface area contributed by atoms with Gasteiger partial charge in [-0.1, -0.05) is 41.1 Å². The van der Waals surface area contributed by atoms with Crippen molar-refractivity contribution in [3.63, 3.8) is 0 Å². The zero-order valence-electron chi connectivity index (χ0n) is 10.6. The average molecular weight is 325 g/mol. The molecule has 0 aliphatic carbocycles. The van der Waals surface area contributed by atoms with Gasteiger partial charge in [0.15, 0.2) is 0 Å². The fraction of sp³-hybridized carbons (Fsp3) is 0.357. The highest BCUT2D eigenvalue weighted by atomic mass is 79.9. The largest absolute Gasteiger partial charge is 0.309 e. The summed E-state index contributed by atoms with van der Waals surface area (Å²) >= 11 is 5.39. The molecule has 0 fully saturated rings. The van der Waals surface area contributed by atoms with Gasteiger partial charge in [0.25, 0.3) is 0 Å². The summed E-state index contributed by atoms with van der Waals surface area (Å²) in [5.41, 5.74) is 1.33. The maximum atomic E-state index is 4.35. The molecule has 4 heteroatoms. The second-order valence-electron chi connectivity index (χ2n) is 4.19. The van der Waals surface area contributed by atoms with Crippen molar-refractivity contribution in [3.05, 3.63) is 50.4 Å². The fourth-order valence-electron chi connectivity index (χ4n) is 1.94. The molecular formula is C14H17BrN2S. The second-order valence-corrected chi connectivity index (χ2v) is 6.31. The highest BCUT2D eigenvalue weighted by molar-refractivity contribution is 9.10. The minimum Gasteiger partial charge on any atom is -0.309 e. The molecule has 0 saturated carbocycles. The van der Waals surface area contributed by atoms with Gasteiger partial charge in [0, 0.05) is 21.6 Å². The summed E-state index contributed by atoms with van der Waals surface area (Å²) in [5, 5.41) is 4.66. The van der Waals surface area contributed by atoms with Gasteiger partial charge in [-0.3, -0.25) is 0 Å². The smallest absolute Gasteiger partial charge is 0.0897 e. The van der Waals surface area contributed by atoms with Crippen LogP contribution in [0.4, 0.5) is 0 Å². The minimum atomic E-state index is 0.347. The Morgan fingerprint density at radius 3 is 2.78 bits per heavy atom. The van der Waals surface area contributed by atoms with Gasteiger partial charge in [-0.05, 0) is 31.5 Å². The molecule has 1 aromatic carbocycles. The summed E-state index contributed by atoms with van der Waals surface area (Å²) in [7, 11) is 0. The lowest BCUT2D eigenvalue weighted by molar-refractivity contribution is 0.556. The Bertz CT molecular complexity index is 510. The van der Waals surface area contributed by atoms with Crippen LogP contribution >= 0.6 is 27.3 Å². The van der Waals surface area contributed by atoms with Crippen molar-refractivity contribution in [2.45, 2.75) is 26.3 Å². The van der Waals surface area contributed by atoms with E-state index in [0.29, 0.717) is 6.04 Å². The Morgan fingerprint density at radius 1 is 1.39 bits per heavy atom. The van der Waals surface area contributed by atoms with Crippen LogP contribution in [-0.2, 0) is 6.42 Å². The molecule has 0 spiro atoms. The molecule has 0 aliphatic heterocycles. The molecule has 0 amide bonds. The van der Waals surface area contributed by atoms with Crippen molar-refractivity contribution in [2.75, 3.05) is 6.54 Å². The third-order valence-electron chi connectivity index (χ3n) is 2.81. The van der Waals surface area contributed by atoms with Crippen LogP contribution in [0.5, 0.6) is 0 Å². The monoisotopic (exact) mass is 324 g/mol. The Labute approximate surface area is 121 Å². The molecule has 1 atom stereocenters. The molecule has 18 heavy (non-hydrogen) atoms. The average Bonchev–Trinajstić information content (AvgIpc) is 2.78. The Kier molecular flexibility index (Phi) is 4.92. The summed E-state index contributed by atoms with van der Waals surface area (Å²) in [6.45, 7) is 5.16. The van der Waals surface area contributed by atoms with E-state index in [1.807, 2.05) is 12.3 Å². The standard InChI is InChI=1S/C14H17BrN2S/c1-3-16-13(14-9-17-10(2)18-14)8-11-6-4-5-7-12(11)15/h4-7,9,13,16H,3,8H2,1-2H3. The maximum absolute atomic E-state index is 4.35. The Hall–Kier alpha value is -0.710. The van der Waals surface area contributed by atoms with E-state index in [1.54, 1.807) is 11.3 Å². The summed E-state index contributed by atoms with van der Waals surface area (Å²) in [6, 6.07) is 8.74. The number of hydrogen-bond acceptors (Lipinski definition) is 3. The normalized spacial score (nSPS) is 12.6. The lowest BCUT2D eigenvalue weighted by atomic mass is 10.1. The van der Waals surface area contributed by atoms with Gasteiger partial charge in [-0.2, -0.15) is 0 Å². The quantitative estimate of drug-likeness (QED) is 0.895. The van der Waals surface area contributed by atoms with Gasteiger partial charge in [0.05, 0.1) is 5.01 Å². The van der Waals surface area contributed by atoms with Crippen LogP contribution in [0.3, 0.4) is 0 Å². The number of nitrogens with zero attached hydrogens (tertiary/aromatic N) is 1. The number of rotatable bonds is 5. The van der Waals surface area contributed by atoms with Crippen molar-refractivity contribution in [2.24, 2.45) is 0 Å². The lowest BCUT2D eigenvalue weighted by Gasteiger charge is -2.16. The number of hydrogen-bond donors (Lipinski definition) is 1. The first-order valence-electron chi connectivity index (χ1n) is 6.09. The lowest BCUT2D eigenvalue weighted by Crippen LogP contribution is -2.22. The summed E-state index contributed by atoms with van der Waals surface area (Å²) in [6.07, 6.45) is 2.97. The molecular weight excluding hydrogens is 308 g/mol. The van der Waals surface area contributed by atoms with Crippen LogP contribution in [0, 0.1) is 6.92 Å². The van der Waals surface area contributed by atoms with E-state index in [9.17, 15) is 0 Å².